The molecule has 0 spiro atoms. The molecule has 1 saturated heterocycles. The van der Waals surface area contributed by atoms with Crippen LogP contribution < -0.4 is 5.32 Å². The Labute approximate surface area is 137 Å². The predicted octanol–water partition coefficient (Wildman–Crippen LogP) is 0.0827. The summed E-state index contributed by atoms with van der Waals surface area (Å²) in [5.41, 5.74) is 0. The molecule has 1 aliphatic rings. The zero-order valence-electron chi connectivity index (χ0n) is 14.4. The molecule has 0 saturated carbocycles. The average molecular weight is 331 g/mol. The van der Waals surface area contributed by atoms with Gasteiger partial charge in [-0.1, -0.05) is 0 Å². The number of carbonyl (C=O) groups excluding carboxylic acids is 1. The van der Waals surface area contributed by atoms with Gasteiger partial charge in [0.2, 0.25) is 5.91 Å². The van der Waals surface area contributed by atoms with E-state index in [2.05, 4.69) is 29.0 Å². The van der Waals surface area contributed by atoms with Crippen LogP contribution in [0.1, 0.15) is 33.1 Å². The second-order valence-electron chi connectivity index (χ2n) is 6.02. The van der Waals surface area contributed by atoms with Gasteiger partial charge >= 0.3 is 11.9 Å². The molecule has 1 fully saturated rings. The van der Waals surface area contributed by atoms with Gasteiger partial charge in [0.05, 0.1) is 6.54 Å². The minimum atomic E-state index is -1.82. The van der Waals surface area contributed by atoms with Gasteiger partial charge in [-0.2, -0.15) is 0 Å². The van der Waals surface area contributed by atoms with Crippen LogP contribution in [0.3, 0.4) is 0 Å². The number of piperidine rings is 1. The molecular formula is C15H29N3O5. The molecule has 1 aliphatic heterocycles. The number of carboxylic acids is 2. The number of nitrogens with zero attached hydrogens (tertiary/aromatic N) is 2. The standard InChI is InChI=1S/C13H27N3O.C2H2O4/c1-11-6-5-7-12(2)16(11)13(17)10-14-8-9-15(3)4;3-1(4)2(5)6/h11-12,14H,5-10H2,1-4H3;(H,3,4)(H,5,6). The van der Waals surface area contributed by atoms with Crippen molar-refractivity contribution in [2.75, 3.05) is 33.7 Å². The van der Waals surface area contributed by atoms with Crippen molar-refractivity contribution < 1.29 is 24.6 Å². The highest BCUT2D eigenvalue weighted by molar-refractivity contribution is 6.27. The van der Waals surface area contributed by atoms with Gasteiger partial charge < -0.3 is 25.3 Å². The molecule has 1 amide bonds. The first-order valence-electron chi connectivity index (χ1n) is 7.79. The molecule has 0 aliphatic carbocycles. The van der Waals surface area contributed by atoms with Crippen molar-refractivity contribution in [2.45, 2.75) is 45.2 Å². The van der Waals surface area contributed by atoms with E-state index in [1.807, 2.05) is 14.1 Å². The molecule has 23 heavy (non-hydrogen) atoms. The summed E-state index contributed by atoms with van der Waals surface area (Å²) in [6.07, 6.45) is 3.54. The summed E-state index contributed by atoms with van der Waals surface area (Å²) in [7, 11) is 4.08. The first-order chi connectivity index (χ1) is 10.7. The second-order valence-corrected chi connectivity index (χ2v) is 6.02. The zero-order chi connectivity index (χ0) is 18.0. The fourth-order valence-electron chi connectivity index (χ4n) is 2.50. The number of aliphatic carboxylic acids is 2. The molecule has 0 radical (unpaired) electrons. The molecule has 0 bridgehead atoms. The number of carbonyl (C=O) groups is 3. The molecule has 2 atom stereocenters. The number of nitrogens with one attached hydrogen (secondary N) is 1. The van der Waals surface area contributed by atoms with Crippen LogP contribution >= 0.6 is 0 Å². The van der Waals surface area contributed by atoms with Crippen LogP contribution in [0.4, 0.5) is 0 Å². The van der Waals surface area contributed by atoms with Crippen molar-refractivity contribution in [1.82, 2.24) is 15.1 Å². The number of hydrogen-bond donors (Lipinski definition) is 3. The maximum atomic E-state index is 12.1. The molecule has 0 aromatic carbocycles. The van der Waals surface area contributed by atoms with Crippen molar-refractivity contribution in [3.05, 3.63) is 0 Å². The summed E-state index contributed by atoms with van der Waals surface area (Å²) >= 11 is 0. The smallest absolute Gasteiger partial charge is 0.414 e. The average Bonchev–Trinajstić information content (AvgIpc) is 2.43. The van der Waals surface area contributed by atoms with Crippen LogP contribution in [0.2, 0.25) is 0 Å². The fraction of sp³-hybridized carbons (Fsp3) is 0.800. The lowest BCUT2D eigenvalue weighted by molar-refractivity contribution is -0.159. The predicted molar refractivity (Wildman–Crippen MR) is 86.3 cm³/mol. The molecular weight excluding hydrogens is 302 g/mol. The van der Waals surface area contributed by atoms with E-state index in [1.165, 1.54) is 6.42 Å². The summed E-state index contributed by atoms with van der Waals surface area (Å²) in [4.78, 5) is 34.5. The van der Waals surface area contributed by atoms with E-state index in [0.717, 1.165) is 25.9 Å². The Hall–Kier alpha value is -1.67. The first-order valence-corrected chi connectivity index (χ1v) is 7.79. The second kappa shape index (κ2) is 11.0. The third kappa shape index (κ3) is 9.14. The number of carboxylic acid groups (broad SMARTS) is 2. The third-order valence-corrected chi connectivity index (χ3v) is 3.68. The monoisotopic (exact) mass is 331 g/mol. The third-order valence-electron chi connectivity index (χ3n) is 3.68. The highest BCUT2D eigenvalue weighted by Crippen LogP contribution is 2.22. The Balaban J connectivity index is 0.000000688. The van der Waals surface area contributed by atoms with Gasteiger partial charge in [0, 0.05) is 25.2 Å². The normalized spacial score (nSPS) is 20.7. The maximum absolute atomic E-state index is 12.1. The van der Waals surface area contributed by atoms with E-state index < -0.39 is 11.9 Å². The Morgan fingerprint density at radius 3 is 1.96 bits per heavy atom. The quantitative estimate of drug-likeness (QED) is 0.483. The fourth-order valence-corrected chi connectivity index (χ4v) is 2.50. The van der Waals surface area contributed by atoms with Crippen molar-refractivity contribution in [3.63, 3.8) is 0 Å². The van der Waals surface area contributed by atoms with E-state index in [0.29, 0.717) is 18.6 Å². The SMILES string of the molecule is CC1CCCC(C)N1C(=O)CNCCN(C)C.O=C(O)C(=O)O. The number of likely N-dealkylation sites (N-methyl/N-ethyl adjacent to an activating group) is 1. The van der Waals surface area contributed by atoms with Gasteiger partial charge in [0.15, 0.2) is 0 Å². The Morgan fingerprint density at radius 1 is 1.09 bits per heavy atom. The van der Waals surface area contributed by atoms with E-state index >= 15 is 0 Å². The van der Waals surface area contributed by atoms with E-state index in [4.69, 9.17) is 19.8 Å². The molecule has 134 valence electrons. The minimum absolute atomic E-state index is 0.253. The highest BCUT2D eigenvalue weighted by atomic mass is 16.4. The first kappa shape index (κ1) is 21.3. The molecule has 2 unspecified atom stereocenters. The lowest BCUT2D eigenvalue weighted by atomic mass is 9.97. The molecule has 0 aromatic rings. The summed E-state index contributed by atoms with van der Waals surface area (Å²) in [5, 5.41) is 18.0. The van der Waals surface area contributed by atoms with Gasteiger partial charge in [0.25, 0.3) is 0 Å². The number of hydrogen-bond acceptors (Lipinski definition) is 5. The summed E-state index contributed by atoms with van der Waals surface area (Å²) in [6, 6.07) is 0.809. The van der Waals surface area contributed by atoms with Crippen LogP contribution in [-0.4, -0.2) is 83.7 Å². The maximum Gasteiger partial charge on any atom is 0.414 e. The Morgan fingerprint density at radius 2 is 1.57 bits per heavy atom. The molecule has 8 heteroatoms. The van der Waals surface area contributed by atoms with Crippen LogP contribution in [-0.2, 0) is 14.4 Å². The van der Waals surface area contributed by atoms with Crippen molar-refractivity contribution in [2.24, 2.45) is 0 Å². The number of amides is 1. The minimum Gasteiger partial charge on any atom is -0.473 e. The topological polar surface area (TPSA) is 110 Å². The molecule has 1 heterocycles. The van der Waals surface area contributed by atoms with E-state index in [1.54, 1.807) is 0 Å². The Kier molecular flexibility index (Phi) is 10.2. The van der Waals surface area contributed by atoms with E-state index in [9.17, 15) is 4.79 Å². The summed E-state index contributed by atoms with van der Waals surface area (Å²) < 4.78 is 0. The molecule has 1 rings (SSSR count). The van der Waals surface area contributed by atoms with Gasteiger partial charge in [0.1, 0.15) is 0 Å². The van der Waals surface area contributed by atoms with E-state index in [-0.39, 0.29) is 5.91 Å². The summed E-state index contributed by atoms with van der Waals surface area (Å²) in [6.45, 7) is 6.64. The van der Waals surface area contributed by atoms with Gasteiger partial charge in [-0.05, 0) is 47.2 Å². The van der Waals surface area contributed by atoms with Gasteiger partial charge in [-0.15, -0.1) is 0 Å². The molecule has 8 nitrogen and oxygen atoms in total. The van der Waals surface area contributed by atoms with Gasteiger partial charge in [-0.3, -0.25) is 4.79 Å². The lowest BCUT2D eigenvalue weighted by Gasteiger charge is -2.39. The van der Waals surface area contributed by atoms with Crippen LogP contribution in [0, 0.1) is 0 Å². The molecule has 0 aromatic heterocycles. The van der Waals surface area contributed by atoms with Crippen molar-refractivity contribution in [1.29, 1.82) is 0 Å². The largest absolute Gasteiger partial charge is 0.473 e. The summed E-state index contributed by atoms with van der Waals surface area (Å²) in [5.74, 6) is -3.39. The van der Waals surface area contributed by atoms with Crippen molar-refractivity contribution in [3.8, 4) is 0 Å². The zero-order valence-corrected chi connectivity index (χ0v) is 14.4. The number of rotatable bonds is 5. The van der Waals surface area contributed by atoms with Gasteiger partial charge in [-0.25, -0.2) is 9.59 Å². The van der Waals surface area contributed by atoms with Crippen LogP contribution in [0.15, 0.2) is 0 Å². The Bertz CT molecular complexity index is 379. The highest BCUT2D eigenvalue weighted by Gasteiger charge is 2.28. The molecule has 3 N–H and O–H groups in total. The van der Waals surface area contributed by atoms with Crippen LogP contribution in [0.25, 0.3) is 0 Å². The number of likely N-dealkylation sites (tertiary alicyclic amines) is 1. The lowest BCUT2D eigenvalue weighted by Crippen LogP contribution is -2.50. The van der Waals surface area contributed by atoms with Crippen molar-refractivity contribution >= 4 is 17.8 Å². The van der Waals surface area contributed by atoms with Crippen LogP contribution in [0.5, 0.6) is 0 Å².